The average Bonchev–Trinajstić information content (AvgIpc) is 3.44. The van der Waals surface area contributed by atoms with Gasteiger partial charge in [-0.1, -0.05) is 12.1 Å². The molecular weight excluding hydrogens is 452 g/mol. The zero-order valence-electron chi connectivity index (χ0n) is 18.2. The van der Waals surface area contributed by atoms with Gasteiger partial charge in [-0.25, -0.2) is 13.6 Å². The van der Waals surface area contributed by atoms with Gasteiger partial charge in [0.2, 0.25) is 0 Å². The molecule has 35 heavy (non-hydrogen) atoms. The zero-order chi connectivity index (χ0) is 24.4. The van der Waals surface area contributed by atoms with Crippen LogP contribution in [0.25, 0.3) is 11.6 Å². The van der Waals surface area contributed by atoms with Gasteiger partial charge in [-0.05, 0) is 60.7 Å². The molecule has 4 aromatic rings. The first-order chi connectivity index (χ1) is 16.9. The van der Waals surface area contributed by atoms with E-state index in [1.807, 2.05) is 30.3 Å². The van der Waals surface area contributed by atoms with E-state index in [0.717, 1.165) is 35.1 Å². The number of benzene rings is 3. The van der Waals surface area contributed by atoms with Crippen LogP contribution in [0.4, 0.5) is 42.0 Å². The second-order valence-corrected chi connectivity index (χ2v) is 7.81. The van der Waals surface area contributed by atoms with E-state index in [1.54, 1.807) is 36.5 Å². The number of hydrogen-bond donors (Lipinski definition) is 5. The average molecular weight is 471 g/mol. The van der Waals surface area contributed by atoms with E-state index in [4.69, 9.17) is 0 Å². The van der Waals surface area contributed by atoms with Crippen LogP contribution in [0.2, 0.25) is 0 Å². The summed E-state index contributed by atoms with van der Waals surface area (Å²) in [6.07, 6.45) is 3.59. The number of H-pyrrole nitrogens is 1. The number of urea groups is 1. The van der Waals surface area contributed by atoms with Gasteiger partial charge in [0, 0.05) is 40.6 Å². The third-order valence-electron chi connectivity index (χ3n) is 5.31. The highest BCUT2D eigenvalue weighted by Gasteiger charge is 2.24. The Morgan fingerprint density at radius 3 is 2.51 bits per heavy atom. The zero-order valence-corrected chi connectivity index (χ0v) is 18.2. The number of carbonyl (C=O) groups is 2. The maximum Gasteiger partial charge on any atom is 0.323 e. The molecule has 3 aromatic carbocycles. The van der Waals surface area contributed by atoms with E-state index in [-0.39, 0.29) is 11.6 Å². The number of amides is 3. The summed E-state index contributed by atoms with van der Waals surface area (Å²) in [4.78, 5) is 27.7. The largest absolute Gasteiger partial charge is 0.362 e. The molecule has 5 rings (SSSR count). The topological polar surface area (TPSA) is 98.1 Å². The molecule has 0 fully saturated rings. The van der Waals surface area contributed by atoms with Crippen molar-refractivity contribution in [3.05, 3.63) is 102 Å². The van der Waals surface area contributed by atoms with Crippen molar-refractivity contribution in [2.75, 3.05) is 21.3 Å². The summed E-state index contributed by atoms with van der Waals surface area (Å²) in [5, 5.41) is 11.0. The first-order valence-corrected chi connectivity index (χ1v) is 10.7. The van der Waals surface area contributed by atoms with Crippen molar-refractivity contribution in [3.63, 3.8) is 0 Å². The highest BCUT2D eigenvalue weighted by molar-refractivity contribution is 6.35. The van der Waals surface area contributed by atoms with Crippen LogP contribution in [-0.2, 0) is 4.79 Å². The number of carbonyl (C=O) groups excluding carboxylic acids is 2. The molecule has 2 heterocycles. The lowest BCUT2D eigenvalue weighted by Gasteiger charge is -2.12. The first-order valence-electron chi connectivity index (χ1n) is 10.7. The Bertz CT molecular complexity index is 1460. The number of hydrogen-bond acceptors (Lipinski definition) is 3. The number of anilines is 5. The minimum atomic E-state index is -0.744. The summed E-state index contributed by atoms with van der Waals surface area (Å²) in [5.74, 6) is -1.59. The first kappa shape index (κ1) is 21.9. The molecule has 3 amide bonds. The third-order valence-corrected chi connectivity index (χ3v) is 5.31. The Morgan fingerprint density at radius 1 is 0.857 bits per heavy atom. The Balaban J connectivity index is 1.29. The smallest absolute Gasteiger partial charge is 0.323 e. The molecular formula is C26H19F2N5O2. The van der Waals surface area contributed by atoms with Crippen LogP contribution in [0.1, 0.15) is 11.3 Å². The fourth-order valence-electron chi connectivity index (χ4n) is 3.72. The molecule has 0 bridgehead atoms. The lowest BCUT2D eigenvalue weighted by molar-refractivity contribution is -0.110. The molecule has 0 spiro atoms. The normalized spacial score (nSPS) is 13.3. The van der Waals surface area contributed by atoms with Crippen LogP contribution in [0.5, 0.6) is 0 Å². The molecule has 7 nitrogen and oxygen atoms in total. The number of rotatable bonds is 5. The van der Waals surface area contributed by atoms with Crippen LogP contribution >= 0.6 is 0 Å². The molecule has 0 saturated carbocycles. The fourth-order valence-corrected chi connectivity index (χ4v) is 3.72. The van der Waals surface area contributed by atoms with Crippen molar-refractivity contribution in [2.24, 2.45) is 0 Å². The van der Waals surface area contributed by atoms with Crippen LogP contribution < -0.4 is 21.3 Å². The molecule has 1 aromatic heterocycles. The minimum Gasteiger partial charge on any atom is -0.362 e. The van der Waals surface area contributed by atoms with Gasteiger partial charge in [-0.2, -0.15) is 0 Å². The lowest BCUT2D eigenvalue weighted by Crippen LogP contribution is -2.20. The van der Waals surface area contributed by atoms with Gasteiger partial charge < -0.3 is 26.3 Å². The molecule has 1 aliphatic rings. The highest BCUT2D eigenvalue weighted by atomic mass is 19.1. The van der Waals surface area contributed by atoms with Crippen LogP contribution in [0.3, 0.4) is 0 Å². The number of fused-ring (bicyclic) bond motifs is 1. The molecule has 0 unspecified atom stereocenters. The molecule has 0 saturated heterocycles. The number of aromatic amines is 1. The van der Waals surface area contributed by atoms with Gasteiger partial charge in [-0.15, -0.1) is 0 Å². The van der Waals surface area contributed by atoms with Gasteiger partial charge >= 0.3 is 6.03 Å². The van der Waals surface area contributed by atoms with Crippen molar-refractivity contribution in [1.82, 2.24) is 4.98 Å². The van der Waals surface area contributed by atoms with Gasteiger partial charge in [-0.3, -0.25) is 4.79 Å². The molecule has 0 atom stereocenters. The van der Waals surface area contributed by atoms with E-state index in [9.17, 15) is 18.4 Å². The Morgan fingerprint density at radius 2 is 1.69 bits per heavy atom. The van der Waals surface area contributed by atoms with Crippen molar-refractivity contribution in [1.29, 1.82) is 0 Å². The van der Waals surface area contributed by atoms with Gasteiger partial charge in [0.1, 0.15) is 11.6 Å². The predicted molar refractivity (Wildman–Crippen MR) is 132 cm³/mol. The van der Waals surface area contributed by atoms with Crippen LogP contribution in [-0.4, -0.2) is 16.9 Å². The predicted octanol–water partition coefficient (Wildman–Crippen LogP) is 6.17. The van der Waals surface area contributed by atoms with Crippen molar-refractivity contribution in [3.8, 4) is 0 Å². The summed E-state index contributed by atoms with van der Waals surface area (Å²) < 4.78 is 27.1. The van der Waals surface area contributed by atoms with Gasteiger partial charge in [0.25, 0.3) is 5.91 Å². The summed E-state index contributed by atoms with van der Waals surface area (Å²) in [6, 6.07) is 18.2. The van der Waals surface area contributed by atoms with Crippen molar-refractivity contribution in [2.45, 2.75) is 0 Å². The second kappa shape index (κ2) is 9.14. The van der Waals surface area contributed by atoms with E-state index in [1.165, 1.54) is 0 Å². The van der Waals surface area contributed by atoms with Crippen molar-refractivity contribution < 1.29 is 18.4 Å². The highest BCUT2D eigenvalue weighted by Crippen LogP contribution is 2.35. The Kier molecular flexibility index (Phi) is 5.72. The van der Waals surface area contributed by atoms with E-state index in [2.05, 4.69) is 26.3 Å². The minimum absolute atomic E-state index is 0.182. The summed E-state index contributed by atoms with van der Waals surface area (Å²) >= 11 is 0. The molecule has 174 valence electrons. The quantitative estimate of drug-likeness (QED) is 0.225. The van der Waals surface area contributed by atoms with Crippen molar-refractivity contribution >= 4 is 52.0 Å². The maximum atomic E-state index is 13.8. The van der Waals surface area contributed by atoms with Gasteiger partial charge in [0.15, 0.2) is 0 Å². The third kappa shape index (κ3) is 4.88. The molecule has 0 aliphatic carbocycles. The molecule has 1 aliphatic heterocycles. The Labute approximate surface area is 198 Å². The van der Waals surface area contributed by atoms with E-state index >= 15 is 0 Å². The number of aromatic nitrogens is 1. The lowest BCUT2D eigenvalue weighted by atomic mass is 10.1. The number of nitrogens with one attached hydrogen (secondary N) is 5. The standard InChI is InChI=1S/C26H19F2N5O2/c27-15-6-9-22(28)24(11-15)33-26(35)31-18-4-1-3-17(12-18)30-19-7-8-20-21(13-16-5-2-10-29-16)25(34)32-23(20)14-19/h1-14,29-30H,(H,32,34)(H2,31,33,35)/b21-13-. The fraction of sp³-hybridized carbons (Fsp3) is 0. The maximum absolute atomic E-state index is 13.8. The number of halogens is 2. The summed E-state index contributed by atoms with van der Waals surface area (Å²) in [6.45, 7) is 0. The summed E-state index contributed by atoms with van der Waals surface area (Å²) in [7, 11) is 0. The Hall–Kier alpha value is -4.92. The monoisotopic (exact) mass is 471 g/mol. The van der Waals surface area contributed by atoms with Gasteiger partial charge in [0.05, 0.1) is 16.9 Å². The van der Waals surface area contributed by atoms with Crippen LogP contribution in [0.15, 0.2) is 79.0 Å². The van der Waals surface area contributed by atoms with E-state index in [0.29, 0.717) is 22.6 Å². The second-order valence-electron chi connectivity index (χ2n) is 7.81. The van der Waals surface area contributed by atoms with E-state index < -0.39 is 17.7 Å². The van der Waals surface area contributed by atoms with Crippen LogP contribution in [0, 0.1) is 11.6 Å². The molecule has 0 radical (unpaired) electrons. The SMILES string of the molecule is O=C(Nc1cccc(Nc2ccc3c(c2)NC(=O)/C3=C\c2ccc[nH]2)c1)Nc1cc(F)ccc1F. The summed E-state index contributed by atoms with van der Waals surface area (Å²) in [5.41, 5.74) is 4.46. The molecule has 9 heteroatoms. The molecule has 5 N–H and O–H groups in total.